The average molecular weight is 417 g/mol. The number of hydrogen-bond donors (Lipinski definition) is 2. The lowest BCUT2D eigenvalue weighted by atomic mass is 10.1. The number of rotatable bonds is 5. The summed E-state index contributed by atoms with van der Waals surface area (Å²) in [5.74, 6) is -0.842. The zero-order chi connectivity index (χ0) is 22.1. The van der Waals surface area contributed by atoms with Crippen molar-refractivity contribution in [1.82, 2.24) is 14.8 Å². The van der Waals surface area contributed by atoms with Crippen molar-refractivity contribution < 1.29 is 9.90 Å². The lowest BCUT2D eigenvalue weighted by Gasteiger charge is -2.08. The number of H-pyrrole nitrogens is 1. The molecule has 0 aliphatic heterocycles. The maximum Gasteiger partial charge on any atom is 0.316 e. The predicted octanol–water partition coefficient (Wildman–Crippen LogP) is 4.92. The molecule has 4 rings (SSSR count). The minimum Gasteiger partial charge on any atom is -0.493 e. The van der Waals surface area contributed by atoms with Gasteiger partial charge in [-0.1, -0.05) is 43.2 Å². The number of carbonyl (C=O) groups is 1. The molecule has 158 valence electrons. The Hall–Kier alpha value is -3.81. The van der Waals surface area contributed by atoms with Gasteiger partial charge >= 0.3 is 5.91 Å². The molecule has 2 aromatic heterocycles. The zero-order valence-corrected chi connectivity index (χ0v) is 17.6. The molecule has 0 saturated carbocycles. The largest absolute Gasteiger partial charge is 0.493 e. The molecule has 4 aromatic rings. The Bertz CT molecular complexity index is 1400. The first-order valence-electron chi connectivity index (χ1n) is 10.2. The van der Waals surface area contributed by atoms with E-state index in [0.29, 0.717) is 22.7 Å². The van der Waals surface area contributed by atoms with Crippen LogP contribution in [0.15, 0.2) is 51.4 Å². The third-order valence-electron chi connectivity index (χ3n) is 5.24. The van der Waals surface area contributed by atoms with Crippen LogP contribution < -0.4 is 5.56 Å². The Morgan fingerprint density at radius 2 is 1.90 bits per heavy atom. The molecule has 8 heteroatoms. The highest BCUT2D eigenvalue weighted by Crippen LogP contribution is 2.37. The van der Waals surface area contributed by atoms with E-state index in [-0.39, 0.29) is 22.8 Å². The molecule has 0 atom stereocenters. The molecule has 0 unspecified atom stereocenters. The topological polar surface area (TPSA) is 113 Å². The Morgan fingerprint density at radius 1 is 1.16 bits per heavy atom. The summed E-state index contributed by atoms with van der Waals surface area (Å²) in [6.07, 6.45) is 1.66. The van der Waals surface area contributed by atoms with Gasteiger partial charge in [-0.25, -0.2) is 4.68 Å². The van der Waals surface area contributed by atoms with E-state index in [9.17, 15) is 14.7 Å². The number of nitrogens with zero attached hydrogens (tertiary/aromatic N) is 4. The summed E-state index contributed by atoms with van der Waals surface area (Å²) in [4.78, 5) is 28.5. The van der Waals surface area contributed by atoms with Crippen LogP contribution in [0.5, 0.6) is 5.88 Å². The van der Waals surface area contributed by atoms with Crippen molar-refractivity contribution in [3.63, 3.8) is 0 Å². The van der Waals surface area contributed by atoms with Gasteiger partial charge in [-0.2, -0.15) is 5.10 Å². The number of nitrogens with one attached hydrogen (secondary N) is 1. The zero-order valence-electron chi connectivity index (χ0n) is 17.6. The number of hydrogen-bond acceptors (Lipinski definition) is 5. The molecule has 0 fully saturated rings. The van der Waals surface area contributed by atoms with Gasteiger partial charge in [-0.05, 0) is 38.0 Å². The Morgan fingerprint density at radius 3 is 2.65 bits per heavy atom. The van der Waals surface area contributed by atoms with E-state index in [1.54, 1.807) is 24.3 Å². The number of fused-ring (bicyclic) bond motifs is 2. The van der Waals surface area contributed by atoms with E-state index in [4.69, 9.17) is 0 Å². The van der Waals surface area contributed by atoms with Gasteiger partial charge in [0.2, 0.25) is 5.88 Å². The summed E-state index contributed by atoms with van der Waals surface area (Å²) in [7, 11) is 0. The Kier molecular flexibility index (Phi) is 5.37. The number of unbranched alkanes of at least 4 members (excludes halogenated alkanes) is 1. The van der Waals surface area contributed by atoms with Crippen molar-refractivity contribution >= 4 is 33.3 Å². The van der Waals surface area contributed by atoms with E-state index < -0.39 is 5.91 Å². The number of carbonyl (C=O) groups excluding carboxylic acids is 1. The molecule has 0 spiro atoms. The number of aryl methyl sites for hydroxylation is 3. The summed E-state index contributed by atoms with van der Waals surface area (Å²) in [5.41, 5.74) is 2.70. The van der Waals surface area contributed by atoms with E-state index in [2.05, 4.69) is 20.3 Å². The fourth-order valence-electron chi connectivity index (χ4n) is 3.72. The highest BCUT2D eigenvalue weighted by molar-refractivity contribution is 6.05. The molecule has 31 heavy (non-hydrogen) atoms. The quantitative estimate of drug-likeness (QED) is 0.449. The number of aromatic nitrogens is 3. The van der Waals surface area contributed by atoms with Crippen LogP contribution in [-0.4, -0.2) is 25.8 Å². The summed E-state index contributed by atoms with van der Waals surface area (Å²) >= 11 is 0. The molecule has 2 aromatic carbocycles. The second-order valence-electron chi connectivity index (χ2n) is 7.61. The highest BCUT2D eigenvalue weighted by atomic mass is 16.3. The first-order valence-corrected chi connectivity index (χ1v) is 10.2. The van der Waals surface area contributed by atoms with Crippen molar-refractivity contribution in [2.75, 3.05) is 0 Å². The van der Waals surface area contributed by atoms with Gasteiger partial charge in [-0.15, -0.1) is 10.2 Å². The molecule has 0 bridgehead atoms. The van der Waals surface area contributed by atoms with Gasteiger partial charge < -0.3 is 10.1 Å². The van der Waals surface area contributed by atoms with Crippen LogP contribution in [-0.2, 0) is 6.54 Å². The van der Waals surface area contributed by atoms with Crippen molar-refractivity contribution in [1.29, 1.82) is 0 Å². The monoisotopic (exact) mass is 417 g/mol. The lowest BCUT2D eigenvalue weighted by molar-refractivity contribution is 0.0989. The van der Waals surface area contributed by atoms with Gasteiger partial charge in [0.15, 0.2) is 11.4 Å². The molecule has 8 nitrogen and oxygen atoms in total. The van der Waals surface area contributed by atoms with E-state index >= 15 is 0 Å². The Balaban J connectivity index is 1.80. The van der Waals surface area contributed by atoms with Crippen LogP contribution in [0.25, 0.3) is 21.7 Å². The molecule has 2 heterocycles. The predicted molar refractivity (Wildman–Crippen MR) is 119 cm³/mol. The number of aromatic amines is 1. The second-order valence-corrected chi connectivity index (χ2v) is 7.61. The van der Waals surface area contributed by atoms with E-state index in [1.807, 2.05) is 32.9 Å². The van der Waals surface area contributed by atoms with Gasteiger partial charge in [0.05, 0.1) is 10.9 Å². The van der Waals surface area contributed by atoms with Crippen LogP contribution in [0, 0.1) is 13.8 Å². The molecule has 1 amide bonds. The first kappa shape index (κ1) is 20.5. The SMILES string of the molecule is CCCCn1nc(C(=O)N=Nc2c(O)[nH]c3c(C)cc(C)cc23)c2ccccc2c1=O. The maximum atomic E-state index is 12.9. The van der Waals surface area contributed by atoms with Gasteiger partial charge in [0, 0.05) is 17.3 Å². The summed E-state index contributed by atoms with van der Waals surface area (Å²) < 4.78 is 1.31. The standard InChI is InChI=1S/C23H23N5O3/c1-4-5-10-28-23(31)16-9-7-6-8-15(16)20(27-28)22(30)26-25-19-17-12-13(2)11-14(3)18(17)24-21(19)29/h6-9,11-12,24,29H,4-5,10H2,1-3H3. The van der Waals surface area contributed by atoms with Crippen LogP contribution in [0.4, 0.5) is 5.69 Å². The molecule has 0 radical (unpaired) electrons. The molecular weight excluding hydrogens is 394 g/mol. The molecular formula is C23H23N5O3. The fourth-order valence-corrected chi connectivity index (χ4v) is 3.72. The number of amides is 1. The minimum absolute atomic E-state index is 0.0572. The van der Waals surface area contributed by atoms with Crippen molar-refractivity contribution in [3.05, 3.63) is 63.6 Å². The van der Waals surface area contributed by atoms with Gasteiger partial charge in [0.1, 0.15) is 0 Å². The smallest absolute Gasteiger partial charge is 0.316 e. The third-order valence-corrected chi connectivity index (χ3v) is 5.24. The molecule has 0 aliphatic rings. The number of azo groups is 1. The third kappa shape index (κ3) is 3.72. The maximum absolute atomic E-state index is 12.9. The fraction of sp³-hybridized carbons (Fsp3) is 0.261. The van der Waals surface area contributed by atoms with Crippen molar-refractivity contribution in [2.24, 2.45) is 10.2 Å². The van der Waals surface area contributed by atoms with E-state index in [0.717, 1.165) is 29.5 Å². The number of aromatic hydroxyl groups is 1. The van der Waals surface area contributed by atoms with Crippen molar-refractivity contribution in [2.45, 2.75) is 40.2 Å². The van der Waals surface area contributed by atoms with Crippen LogP contribution in [0.2, 0.25) is 0 Å². The minimum atomic E-state index is -0.681. The van der Waals surface area contributed by atoms with Crippen LogP contribution >= 0.6 is 0 Å². The normalized spacial score (nSPS) is 11.7. The van der Waals surface area contributed by atoms with E-state index in [1.165, 1.54) is 4.68 Å². The van der Waals surface area contributed by atoms with Crippen molar-refractivity contribution in [3.8, 4) is 5.88 Å². The summed E-state index contributed by atoms with van der Waals surface area (Å²) in [5, 5.41) is 24.0. The molecule has 2 N–H and O–H groups in total. The Labute approximate surface area is 178 Å². The van der Waals surface area contributed by atoms with Gasteiger partial charge in [-0.3, -0.25) is 9.59 Å². The lowest BCUT2D eigenvalue weighted by Crippen LogP contribution is -2.25. The molecule has 0 aliphatic carbocycles. The first-order chi connectivity index (χ1) is 14.9. The van der Waals surface area contributed by atoms with Gasteiger partial charge in [0.25, 0.3) is 5.56 Å². The highest BCUT2D eigenvalue weighted by Gasteiger charge is 2.18. The summed E-state index contributed by atoms with van der Waals surface area (Å²) in [6.45, 7) is 6.30. The van der Waals surface area contributed by atoms with Crippen LogP contribution in [0.3, 0.4) is 0 Å². The molecule has 0 saturated heterocycles. The summed E-state index contributed by atoms with van der Waals surface area (Å²) in [6, 6.07) is 10.7. The number of benzene rings is 2. The average Bonchev–Trinajstić information content (AvgIpc) is 3.07. The van der Waals surface area contributed by atoms with Crippen LogP contribution in [0.1, 0.15) is 41.4 Å². The second kappa shape index (κ2) is 8.14.